The predicted molar refractivity (Wildman–Crippen MR) is 111 cm³/mol. The normalized spacial score (nSPS) is 14.0. The molecule has 0 spiro atoms. The Hall–Kier alpha value is -2.85. The van der Waals surface area contributed by atoms with Crippen LogP contribution >= 0.6 is 0 Å². The number of aliphatic hydroxyl groups excluding tert-OH is 1. The number of aromatic hydroxyl groups is 1. The van der Waals surface area contributed by atoms with Gasteiger partial charge in [0.15, 0.2) is 0 Å². The van der Waals surface area contributed by atoms with Gasteiger partial charge in [0.25, 0.3) is 0 Å². The lowest BCUT2D eigenvalue weighted by atomic mass is 10.0. The van der Waals surface area contributed by atoms with Crippen molar-refractivity contribution in [2.75, 3.05) is 0 Å². The lowest BCUT2D eigenvalue weighted by Crippen LogP contribution is -2.38. The molecule has 3 aromatic carbocycles. The highest BCUT2D eigenvalue weighted by Crippen LogP contribution is 2.27. The molecule has 0 aliphatic carbocycles. The van der Waals surface area contributed by atoms with Gasteiger partial charge in [-0.3, -0.25) is 5.01 Å². The summed E-state index contributed by atoms with van der Waals surface area (Å²) in [6, 6.07) is 20.9. The molecule has 0 saturated carbocycles. The van der Waals surface area contributed by atoms with Crippen molar-refractivity contribution in [3.8, 4) is 5.75 Å². The second-order valence-corrected chi connectivity index (χ2v) is 7.03. The maximum atomic E-state index is 10.8. The summed E-state index contributed by atoms with van der Waals surface area (Å²) in [7, 11) is 0. The highest BCUT2D eigenvalue weighted by Gasteiger charge is 2.24. The van der Waals surface area contributed by atoms with Gasteiger partial charge in [-0.05, 0) is 43.2 Å². The number of fused-ring (bicyclic) bond motifs is 1. The number of phenolic OH excluding ortho intramolecular Hbond substituents is 1. The van der Waals surface area contributed by atoms with E-state index in [4.69, 9.17) is 0 Å². The van der Waals surface area contributed by atoms with Gasteiger partial charge in [0.05, 0.1) is 12.3 Å². The molecule has 0 bridgehead atoms. The van der Waals surface area contributed by atoms with Crippen molar-refractivity contribution >= 4 is 17.0 Å². The third kappa shape index (κ3) is 4.12. The number of rotatable bonds is 6. The Morgan fingerprint density at radius 3 is 2.26 bits per heavy atom. The second kappa shape index (κ2) is 8.23. The van der Waals surface area contributed by atoms with Crippen LogP contribution in [-0.4, -0.2) is 33.5 Å². The SMILES string of the molecule is CC(C)N(/N=C/c1c(O)ccc2ccccc12)[C@@H](C)[C@H](O)c1ccccc1. The van der Waals surface area contributed by atoms with Crippen molar-refractivity contribution in [1.82, 2.24) is 5.01 Å². The first-order valence-corrected chi connectivity index (χ1v) is 9.25. The van der Waals surface area contributed by atoms with E-state index in [-0.39, 0.29) is 17.8 Å². The molecule has 2 atom stereocenters. The maximum Gasteiger partial charge on any atom is 0.125 e. The summed E-state index contributed by atoms with van der Waals surface area (Å²) in [6.45, 7) is 6.03. The fraction of sp³-hybridized carbons (Fsp3) is 0.261. The van der Waals surface area contributed by atoms with Gasteiger partial charge in [-0.2, -0.15) is 5.10 Å². The minimum Gasteiger partial charge on any atom is -0.507 e. The zero-order valence-electron chi connectivity index (χ0n) is 15.9. The maximum absolute atomic E-state index is 10.8. The zero-order valence-corrected chi connectivity index (χ0v) is 15.9. The quantitative estimate of drug-likeness (QED) is 0.493. The summed E-state index contributed by atoms with van der Waals surface area (Å²) in [4.78, 5) is 0. The van der Waals surface area contributed by atoms with Gasteiger partial charge in [-0.25, -0.2) is 0 Å². The standard InChI is InChI=1S/C23H26N2O2/c1-16(2)25(17(3)23(27)19-10-5-4-6-11-19)24-15-21-20-12-8-7-9-18(20)13-14-22(21)26/h4-17,23,26-27H,1-3H3/b24-15+/t17-,23-/m0/s1. The molecule has 3 rings (SSSR count). The van der Waals surface area contributed by atoms with Crippen LogP contribution in [0.5, 0.6) is 5.75 Å². The molecule has 0 fully saturated rings. The summed E-state index contributed by atoms with van der Waals surface area (Å²) >= 11 is 0. The van der Waals surface area contributed by atoms with Crippen molar-refractivity contribution in [2.24, 2.45) is 5.10 Å². The van der Waals surface area contributed by atoms with Crippen molar-refractivity contribution in [3.05, 3.63) is 77.9 Å². The Morgan fingerprint density at radius 1 is 0.889 bits per heavy atom. The molecule has 0 unspecified atom stereocenters. The fourth-order valence-electron chi connectivity index (χ4n) is 3.33. The van der Waals surface area contributed by atoms with Crippen LogP contribution < -0.4 is 0 Å². The van der Waals surface area contributed by atoms with Crippen LogP contribution in [-0.2, 0) is 0 Å². The number of phenols is 1. The van der Waals surface area contributed by atoms with Crippen LogP contribution in [0.3, 0.4) is 0 Å². The van der Waals surface area contributed by atoms with Crippen molar-refractivity contribution in [3.63, 3.8) is 0 Å². The van der Waals surface area contributed by atoms with E-state index in [1.165, 1.54) is 0 Å². The molecule has 140 valence electrons. The van der Waals surface area contributed by atoms with Gasteiger partial charge in [0.1, 0.15) is 11.9 Å². The molecular formula is C23H26N2O2. The summed E-state index contributed by atoms with van der Waals surface area (Å²) in [6.07, 6.45) is 1.03. The van der Waals surface area contributed by atoms with Gasteiger partial charge < -0.3 is 10.2 Å². The second-order valence-electron chi connectivity index (χ2n) is 7.03. The molecule has 0 aromatic heterocycles. The monoisotopic (exact) mass is 362 g/mol. The average molecular weight is 362 g/mol. The number of benzene rings is 3. The highest BCUT2D eigenvalue weighted by atomic mass is 16.3. The van der Waals surface area contributed by atoms with E-state index in [0.717, 1.165) is 16.3 Å². The van der Waals surface area contributed by atoms with Crippen LogP contribution in [0.25, 0.3) is 10.8 Å². The predicted octanol–water partition coefficient (Wildman–Crippen LogP) is 4.71. The first kappa shape index (κ1) is 18.9. The van der Waals surface area contributed by atoms with E-state index in [0.29, 0.717) is 5.56 Å². The van der Waals surface area contributed by atoms with Gasteiger partial charge >= 0.3 is 0 Å². The van der Waals surface area contributed by atoms with Gasteiger partial charge in [-0.15, -0.1) is 0 Å². The van der Waals surface area contributed by atoms with Crippen LogP contribution in [0.2, 0.25) is 0 Å². The lowest BCUT2D eigenvalue weighted by Gasteiger charge is -2.33. The third-order valence-corrected chi connectivity index (χ3v) is 4.81. The molecule has 0 heterocycles. The molecule has 0 aliphatic rings. The number of aliphatic hydroxyl groups is 1. The Labute approximate surface area is 160 Å². The third-order valence-electron chi connectivity index (χ3n) is 4.81. The van der Waals surface area contributed by atoms with Crippen LogP contribution in [0.4, 0.5) is 0 Å². The van der Waals surface area contributed by atoms with E-state index in [1.54, 1.807) is 12.3 Å². The molecular weight excluding hydrogens is 336 g/mol. The zero-order chi connectivity index (χ0) is 19.4. The first-order chi connectivity index (χ1) is 13.0. The first-order valence-electron chi connectivity index (χ1n) is 9.25. The summed E-state index contributed by atoms with van der Waals surface area (Å²) in [5.41, 5.74) is 1.54. The molecule has 4 heteroatoms. The van der Waals surface area contributed by atoms with Gasteiger partial charge in [0.2, 0.25) is 0 Å². The summed E-state index contributed by atoms with van der Waals surface area (Å²) < 4.78 is 0. The molecule has 0 amide bonds. The van der Waals surface area contributed by atoms with Gasteiger partial charge in [-0.1, -0.05) is 60.7 Å². The number of hydrazone groups is 1. The molecule has 0 radical (unpaired) electrons. The minimum absolute atomic E-state index is 0.0896. The van der Waals surface area contributed by atoms with Crippen molar-refractivity contribution in [2.45, 2.75) is 39.0 Å². The lowest BCUT2D eigenvalue weighted by molar-refractivity contribution is 0.0425. The van der Waals surface area contributed by atoms with Crippen molar-refractivity contribution < 1.29 is 10.2 Å². The van der Waals surface area contributed by atoms with E-state index in [2.05, 4.69) is 5.10 Å². The van der Waals surface area contributed by atoms with Crippen molar-refractivity contribution in [1.29, 1.82) is 0 Å². The number of hydrogen-bond acceptors (Lipinski definition) is 4. The molecule has 0 saturated heterocycles. The van der Waals surface area contributed by atoms with E-state index < -0.39 is 6.10 Å². The van der Waals surface area contributed by atoms with Crippen LogP contribution in [0, 0.1) is 0 Å². The smallest absolute Gasteiger partial charge is 0.125 e. The Kier molecular flexibility index (Phi) is 5.77. The Morgan fingerprint density at radius 2 is 1.56 bits per heavy atom. The summed E-state index contributed by atoms with van der Waals surface area (Å²) in [5.74, 6) is 0.192. The van der Waals surface area contributed by atoms with Gasteiger partial charge in [0, 0.05) is 11.6 Å². The Bertz CT molecular complexity index is 922. The highest BCUT2D eigenvalue weighted by molar-refractivity contribution is 6.02. The number of hydrogen-bond donors (Lipinski definition) is 2. The minimum atomic E-state index is -0.660. The Balaban J connectivity index is 1.92. The van der Waals surface area contributed by atoms with E-state index in [1.807, 2.05) is 86.4 Å². The molecule has 3 aromatic rings. The van der Waals surface area contributed by atoms with E-state index >= 15 is 0 Å². The topological polar surface area (TPSA) is 56.1 Å². The summed E-state index contributed by atoms with van der Waals surface area (Å²) in [5, 5.41) is 29.6. The molecule has 2 N–H and O–H groups in total. The molecule has 27 heavy (non-hydrogen) atoms. The average Bonchev–Trinajstić information content (AvgIpc) is 2.69. The fourth-order valence-corrected chi connectivity index (χ4v) is 3.33. The van der Waals surface area contributed by atoms with Crippen LogP contribution in [0.15, 0.2) is 71.8 Å². The largest absolute Gasteiger partial charge is 0.507 e. The number of nitrogens with zero attached hydrogens (tertiary/aromatic N) is 2. The van der Waals surface area contributed by atoms with E-state index in [9.17, 15) is 10.2 Å². The molecule has 4 nitrogen and oxygen atoms in total. The van der Waals surface area contributed by atoms with Crippen LogP contribution in [0.1, 0.15) is 38.0 Å². The molecule has 0 aliphatic heterocycles.